The van der Waals surface area contributed by atoms with Crippen LogP contribution in [0.2, 0.25) is 0 Å². The zero-order valence-electron chi connectivity index (χ0n) is 18.1. The first-order valence-electron chi connectivity index (χ1n) is 9.61. The Hall–Kier alpha value is -3.76. The topological polar surface area (TPSA) is 205 Å². The van der Waals surface area contributed by atoms with Gasteiger partial charge in [0.05, 0.1) is 0 Å². The quantitative estimate of drug-likeness (QED) is 0.246. The highest BCUT2D eigenvalue weighted by atomic mass is 32.2. The summed E-state index contributed by atoms with van der Waals surface area (Å²) in [5.41, 5.74) is 0.787. The molecular weight excluding hydrogens is 536 g/mol. The lowest BCUT2D eigenvalue weighted by atomic mass is 10.1. The summed E-state index contributed by atoms with van der Waals surface area (Å²) in [7, 11) is -12.6. The normalized spacial score (nSPS) is 12.0. The predicted molar refractivity (Wildman–Crippen MR) is 128 cm³/mol. The van der Waals surface area contributed by atoms with Crippen LogP contribution in [-0.2, 0) is 30.8 Å². The molecule has 0 fully saturated rings. The Balaban J connectivity index is 0.000000840. The molecule has 0 aliphatic rings. The molecule has 0 bridgehead atoms. The van der Waals surface area contributed by atoms with Crippen molar-refractivity contribution in [2.75, 3.05) is 0 Å². The lowest BCUT2D eigenvalue weighted by molar-refractivity contribution is 0.481. The standard InChI is InChI=1S/C21H16N2O7S2.O3S/c1-12-5-7-14-13(11-12)6-9-17(20(14)24)22-23-18-10-8-15-16(21(18)32(28,29)30)3-2-4-19(15)31(25,26)27;1-4(2)3/h2-11,24H,1H3,(H,25,26,27)(H,28,29,30);. The smallest absolute Gasteiger partial charge is 0.425 e. The van der Waals surface area contributed by atoms with E-state index in [1.807, 2.05) is 19.1 Å². The fourth-order valence-electron chi connectivity index (χ4n) is 3.47. The number of phenols is 1. The second-order valence-corrected chi connectivity index (χ2v) is 10.4. The molecule has 0 spiro atoms. The molecule has 0 heterocycles. The number of aryl methyl sites for hydroxylation is 1. The van der Waals surface area contributed by atoms with Gasteiger partial charge in [-0.05, 0) is 30.5 Å². The summed E-state index contributed by atoms with van der Waals surface area (Å²) >= 11 is 0. The molecule has 36 heavy (non-hydrogen) atoms. The minimum absolute atomic E-state index is 0.0643. The summed E-state index contributed by atoms with van der Waals surface area (Å²) in [4.78, 5) is -1.20. The molecule has 12 nitrogen and oxygen atoms in total. The highest BCUT2D eigenvalue weighted by Crippen LogP contribution is 2.39. The highest BCUT2D eigenvalue weighted by Gasteiger charge is 2.23. The van der Waals surface area contributed by atoms with Crippen LogP contribution in [-0.4, -0.2) is 43.7 Å². The zero-order valence-corrected chi connectivity index (χ0v) is 20.5. The molecule has 0 aliphatic carbocycles. The Bertz CT molecular complexity index is 1860. The van der Waals surface area contributed by atoms with Crippen LogP contribution < -0.4 is 0 Å². The minimum Gasteiger partial charge on any atom is -0.505 e. The van der Waals surface area contributed by atoms with Gasteiger partial charge >= 0.3 is 10.6 Å². The van der Waals surface area contributed by atoms with Gasteiger partial charge in [0.25, 0.3) is 20.2 Å². The zero-order chi connectivity index (χ0) is 26.8. The van der Waals surface area contributed by atoms with E-state index < -0.39 is 40.6 Å². The van der Waals surface area contributed by atoms with E-state index in [4.69, 9.17) is 12.6 Å². The Kier molecular flexibility index (Phi) is 7.51. The summed E-state index contributed by atoms with van der Waals surface area (Å²) in [6, 6.07) is 14.6. The Labute approximate surface area is 206 Å². The second-order valence-electron chi connectivity index (χ2n) is 7.28. The predicted octanol–water partition coefficient (Wildman–Crippen LogP) is 3.91. The molecule has 0 saturated carbocycles. The number of azo groups is 1. The van der Waals surface area contributed by atoms with Crippen LogP contribution in [0.1, 0.15) is 5.56 Å². The van der Waals surface area contributed by atoms with Crippen molar-refractivity contribution < 1.29 is 43.7 Å². The fraction of sp³-hybridized carbons (Fsp3) is 0.0476. The molecule has 4 rings (SSSR count). The van der Waals surface area contributed by atoms with Crippen molar-refractivity contribution >= 4 is 63.8 Å². The van der Waals surface area contributed by atoms with Gasteiger partial charge in [-0.3, -0.25) is 9.11 Å². The van der Waals surface area contributed by atoms with E-state index in [9.17, 15) is 31.0 Å². The van der Waals surface area contributed by atoms with Crippen molar-refractivity contribution in [3.63, 3.8) is 0 Å². The number of nitrogens with zero attached hydrogens (tertiary/aromatic N) is 2. The summed E-state index contributed by atoms with van der Waals surface area (Å²) in [6.45, 7) is 1.91. The van der Waals surface area contributed by atoms with Gasteiger partial charge < -0.3 is 5.11 Å². The van der Waals surface area contributed by atoms with E-state index in [0.717, 1.165) is 23.1 Å². The first-order chi connectivity index (χ1) is 16.7. The molecule has 0 saturated heterocycles. The van der Waals surface area contributed by atoms with Crippen LogP contribution >= 0.6 is 0 Å². The molecule has 0 atom stereocenters. The molecule has 4 aromatic rings. The highest BCUT2D eigenvalue weighted by molar-refractivity contribution is 7.86. The van der Waals surface area contributed by atoms with Gasteiger partial charge in [0.1, 0.15) is 21.2 Å². The second kappa shape index (κ2) is 10.1. The Morgan fingerprint density at radius 2 is 1.31 bits per heavy atom. The maximum atomic E-state index is 12.1. The molecular formula is C21H16N2O10S3. The maximum Gasteiger partial charge on any atom is 0.425 e. The summed E-state index contributed by atoms with van der Waals surface area (Å²) in [5, 5.41) is 19.4. The van der Waals surface area contributed by atoms with E-state index in [1.54, 1.807) is 12.1 Å². The van der Waals surface area contributed by atoms with E-state index in [2.05, 4.69) is 10.2 Å². The summed E-state index contributed by atoms with van der Waals surface area (Å²) in [6.07, 6.45) is 0. The van der Waals surface area contributed by atoms with E-state index in [1.165, 1.54) is 24.3 Å². The van der Waals surface area contributed by atoms with Gasteiger partial charge in [-0.1, -0.05) is 48.0 Å². The molecule has 0 aromatic heterocycles. The molecule has 0 unspecified atom stereocenters. The first kappa shape index (κ1) is 26.8. The van der Waals surface area contributed by atoms with Crippen molar-refractivity contribution in [1.29, 1.82) is 0 Å². The molecule has 15 heteroatoms. The number of hydrogen-bond donors (Lipinski definition) is 3. The molecule has 0 amide bonds. The van der Waals surface area contributed by atoms with Gasteiger partial charge in [-0.15, -0.1) is 22.9 Å². The Morgan fingerprint density at radius 1 is 0.722 bits per heavy atom. The third-order valence-corrected chi connectivity index (χ3v) is 6.73. The van der Waals surface area contributed by atoms with Crippen molar-refractivity contribution in [3.8, 4) is 5.75 Å². The molecule has 188 valence electrons. The summed E-state index contributed by atoms with van der Waals surface area (Å²) in [5.74, 6) is -0.158. The average Bonchev–Trinajstić information content (AvgIpc) is 2.76. The number of fused-ring (bicyclic) bond motifs is 2. The number of benzene rings is 4. The van der Waals surface area contributed by atoms with Crippen LogP contribution in [0.25, 0.3) is 21.5 Å². The van der Waals surface area contributed by atoms with Gasteiger partial charge in [0.2, 0.25) is 0 Å². The minimum atomic E-state index is -4.87. The molecule has 0 aliphatic heterocycles. The van der Waals surface area contributed by atoms with Crippen LogP contribution in [0.4, 0.5) is 11.4 Å². The van der Waals surface area contributed by atoms with Gasteiger partial charge in [0.15, 0.2) is 5.75 Å². The monoisotopic (exact) mass is 552 g/mol. The lowest BCUT2D eigenvalue weighted by Gasteiger charge is -2.10. The lowest BCUT2D eigenvalue weighted by Crippen LogP contribution is -2.03. The van der Waals surface area contributed by atoms with Gasteiger partial charge in [-0.2, -0.15) is 16.8 Å². The van der Waals surface area contributed by atoms with Crippen LogP contribution in [0.5, 0.6) is 5.75 Å². The van der Waals surface area contributed by atoms with E-state index in [0.29, 0.717) is 5.39 Å². The van der Waals surface area contributed by atoms with Crippen LogP contribution in [0, 0.1) is 6.92 Å². The van der Waals surface area contributed by atoms with Crippen molar-refractivity contribution in [2.24, 2.45) is 10.2 Å². The number of aromatic hydroxyl groups is 1. The van der Waals surface area contributed by atoms with Crippen molar-refractivity contribution in [2.45, 2.75) is 16.7 Å². The van der Waals surface area contributed by atoms with Gasteiger partial charge in [0, 0.05) is 16.2 Å². The average molecular weight is 553 g/mol. The third kappa shape index (κ3) is 5.89. The number of hydrogen-bond acceptors (Lipinski definition) is 10. The van der Waals surface area contributed by atoms with Crippen molar-refractivity contribution in [3.05, 3.63) is 66.2 Å². The first-order valence-corrected chi connectivity index (χ1v) is 13.5. The van der Waals surface area contributed by atoms with E-state index >= 15 is 0 Å². The van der Waals surface area contributed by atoms with Crippen LogP contribution in [0.3, 0.4) is 0 Å². The van der Waals surface area contributed by atoms with Gasteiger partial charge in [-0.25, -0.2) is 0 Å². The largest absolute Gasteiger partial charge is 0.505 e. The van der Waals surface area contributed by atoms with E-state index in [-0.39, 0.29) is 27.9 Å². The molecule has 3 N–H and O–H groups in total. The third-order valence-electron chi connectivity index (χ3n) is 4.88. The SMILES string of the molecule is Cc1ccc2c(O)c(N=Nc3ccc4c(S(=O)(=O)O)cccc4c3S(=O)(=O)O)ccc2c1.O=S(=O)=O. The Morgan fingerprint density at radius 3 is 1.92 bits per heavy atom. The fourth-order valence-corrected chi connectivity index (χ4v) is 5.01. The summed E-state index contributed by atoms with van der Waals surface area (Å²) < 4.78 is 92.0. The number of phenolic OH excluding ortho intramolecular Hbond substituents is 1. The molecule has 4 aromatic carbocycles. The maximum absolute atomic E-state index is 12.1. The van der Waals surface area contributed by atoms with Crippen LogP contribution in [0.15, 0.2) is 80.7 Å². The number of rotatable bonds is 4. The van der Waals surface area contributed by atoms with Crippen molar-refractivity contribution in [1.82, 2.24) is 0 Å². The molecule has 0 radical (unpaired) electrons.